The Balaban J connectivity index is 0.721. The Labute approximate surface area is 342 Å². The highest BCUT2D eigenvalue weighted by Gasteiger charge is 2.25. The lowest BCUT2D eigenvalue weighted by Gasteiger charge is -2.37. The van der Waals surface area contributed by atoms with E-state index in [2.05, 4.69) is 54.7 Å². The molecule has 2 amide bonds. The molecule has 0 aliphatic carbocycles. The van der Waals surface area contributed by atoms with Gasteiger partial charge in [0.25, 0.3) is 5.91 Å². The molecule has 0 bridgehead atoms. The van der Waals surface area contributed by atoms with Crippen LogP contribution >= 0.6 is 0 Å². The molecule has 0 spiro atoms. The van der Waals surface area contributed by atoms with Gasteiger partial charge in [0.15, 0.2) is 5.65 Å². The second kappa shape index (κ2) is 16.5. The molecule has 0 radical (unpaired) electrons. The van der Waals surface area contributed by atoms with Crippen LogP contribution in [-0.2, 0) is 24.4 Å². The SMILES string of the molecule is Cc1nc2ccc(-c3ccnc(N)c3)nc2n1-c1ccc(N2CCN(C(=O)CCN3CCN(Cc4ccc(CNc5cccc6c5CNC6=O)cc4)CC3)CC2)c(F)c1. The van der Waals surface area contributed by atoms with E-state index in [1.807, 2.05) is 69.8 Å². The topological polar surface area (TPSA) is 141 Å². The maximum atomic E-state index is 15.8. The van der Waals surface area contributed by atoms with Crippen LogP contribution in [0.25, 0.3) is 28.1 Å². The fraction of sp³-hybridized carbons (Fsp3) is 0.311. The summed E-state index contributed by atoms with van der Waals surface area (Å²) in [6.45, 7) is 10.8. The number of imidazole rings is 1. The molecular weight excluding hydrogens is 746 g/mol. The normalized spacial score (nSPS) is 16.1. The van der Waals surface area contributed by atoms with Crippen molar-refractivity contribution in [3.05, 3.63) is 125 Å². The van der Waals surface area contributed by atoms with Crippen LogP contribution in [0.15, 0.2) is 91.1 Å². The minimum atomic E-state index is -0.324. The summed E-state index contributed by atoms with van der Waals surface area (Å²) in [6, 6.07) is 27.2. The predicted molar refractivity (Wildman–Crippen MR) is 228 cm³/mol. The molecule has 59 heavy (non-hydrogen) atoms. The second-order valence-corrected chi connectivity index (χ2v) is 15.6. The standard InChI is InChI=1S/C45H48FN11O2/c1-30-51-40-11-10-38(33-13-15-48-42(47)25-33)52-44(40)57(30)34-9-12-41(37(46)26-34)55-21-23-56(24-22-55)43(58)14-16-53-17-19-54(20-18-53)29-32-7-5-31(6-8-32)27-49-39-4-2-3-35-36(39)28-50-45(35)59/h2-13,15,25-26,49H,14,16-24,27-29H2,1H3,(H2,47,48)(H,50,59). The number of piperazine rings is 2. The molecule has 13 nitrogen and oxygen atoms in total. The van der Waals surface area contributed by atoms with Gasteiger partial charge in [-0.05, 0) is 66.6 Å². The third-order valence-corrected chi connectivity index (χ3v) is 11.8. The van der Waals surface area contributed by atoms with E-state index in [-0.39, 0.29) is 17.6 Å². The Hall–Kier alpha value is -6.38. The minimum Gasteiger partial charge on any atom is -0.384 e. The summed E-state index contributed by atoms with van der Waals surface area (Å²) in [5.41, 5.74) is 15.3. The van der Waals surface area contributed by atoms with Gasteiger partial charge in [0.05, 0.1) is 17.1 Å². The largest absolute Gasteiger partial charge is 0.384 e. The average molecular weight is 794 g/mol. The maximum Gasteiger partial charge on any atom is 0.251 e. The lowest BCUT2D eigenvalue weighted by molar-refractivity contribution is -0.131. The molecule has 3 aromatic carbocycles. The van der Waals surface area contributed by atoms with Crippen molar-refractivity contribution >= 4 is 40.2 Å². The van der Waals surface area contributed by atoms with E-state index in [1.165, 1.54) is 17.2 Å². The van der Waals surface area contributed by atoms with Gasteiger partial charge < -0.3 is 31.1 Å². The van der Waals surface area contributed by atoms with Crippen molar-refractivity contribution in [2.24, 2.45) is 0 Å². The molecule has 0 atom stereocenters. The van der Waals surface area contributed by atoms with E-state index < -0.39 is 0 Å². The van der Waals surface area contributed by atoms with Crippen LogP contribution in [0.1, 0.15) is 39.3 Å². The number of amides is 2. The summed E-state index contributed by atoms with van der Waals surface area (Å²) in [4.78, 5) is 47.7. The van der Waals surface area contributed by atoms with Gasteiger partial charge in [0.1, 0.15) is 23.0 Å². The number of carbonyl (C=O) groups excluding carboxylic acids is 2. The third kappa shape index (κ3) is 8.18. The zero-order valence-electron chi connectivity index (χ0n) is 33.2. The van der Waals surface area contributed by atoms with Gasteiger partial charge in [-0.2, -0.15) is 0 Å². The van der Waals surface area contributed by atoms with Gasteiger partial charge in [-0.1, -0.05) is 30.3 Å². The van der Waals surface area contributed by atoms with Crippen LogP contribution in [0.4, 0.5) is 21.6 Å². The quantitative estimate of drug-likeness (QED) is 0.160. The van der Waals surface area contributed by atoms with Crippen molar-refractivity contribution < 1.29 is 14.0 Å². The van der Waals surface area contributed by atoms with Crippen molar-refractivity contribution in [2.75, 3.05) is 74.9 Å². The summed E-state index contributed by atoms with van der Waals surface area (Å²) in [5.74, 6) is 0.940. The lowest BCUT2D eigenvalue weighted by Crippen LogP contribution is -2.50. The summed E-state index contributed by atoms with van der Waals surface area (Å²) in [5, 5.41) is 6.40. The van der Waals surface area contributed by atoms with E-state index in [9.17, 15) is 9.59 Å². The molecule has 302 valence electrons. The third-order valence-electron chi connectivity index (χ3n) is 11.8. The first kappa shape index (κ1) is 38.2. The van der Waals surface area contributed by atoms with E-state index >= 15 is 4.39 Å². The average Bonchev–Trinajstić information content (AvgIpc) is 3.81. The number of pyridine rings is 2. The Morgan fingerprint density at radius 1 is 0.864 bits per heavy atom. The fourth-order valence-electron chi connectivity index (χ4n) is 8.46. The highest BCUT2D eigenvalue weighted by atomic mass is 19.1. The minimum absolute atomic E-state index is 0.00800. The van der Waals surface area contributed by atoms with Crippen LogP contribution in [-0.4, -0.2) is 105 Å². The van der Waals surface area contributed by atoms with Gasteiger partial charge in [-0.25, -0.2) is 19.3 Å². The van der Waals surface area contributed by atoms with Gasteiger partial charge in [0, 0.05) is 120 Å². The number of nitrogens with two attached hydrogens (primary N) is 1. The molecule has 6 heterocycles. The van der Waals surface area contributed by atoms with Crippen LogP contribution in [0.5, 0.6) is 0 Å². The maximum absolute atomic E-state index is 15.8. The summed E-state index contributed by atoms with van der Waals surface area (Å²) in [6.07, 6.45) is 2.14. The monoisotopic (exact) mass is 793 g/mol. The molecular formula is C45H48FN11O2. The molecule has 0 unspecified atom stereocenters. The van der Waals surface area contributed by atoms with E-state index in [0.29, 0.717) is 74.4 Å². The molecule has 6 aromatic rings. The van der Waals surface area contributed by atoms with Gasteiger partial charge >= 0.3 is 0 Å². The number of nitrogens with one attached hydrogen (secondary N) is 2. The number of aromatic nitrogens is 4. The highest BCUT2D eigenvalue weighted by molar-refractivity contribution is 6.00. The lowest BCUT2D eigenvalue weighted by atomic mass is 10.1. The van der Waals surface area contributed by atoms with Crippen molar-refractivity contribution in [1.82, 2.24) is 39.5 Å². The van der Waals surface area contributed by atoms with E-state index in [0.717, 1.165) is 72.9 Å². The number of halogens is 1. The number of hydrogen-bond acceptors (Lipinski definition) is 10. The number of hydrogen-bond donors (Lipinski definition) is 3. The number of fused-ring (bicyclic) bond motifs is 2. The molecule has 3 aromatic heterocycles. The summed E-state index contributed by atoms with van der Waals surface area (Å²) < 4.78 is 17.7. The Morgan fingerprint density at radius 2 is 1.64 bits per heavy atom. The van der Waals surface area contributed by atoms with Crippen LogP contribution in [0.2, 0.25) is 0 Å². The van der Waals surface area contributed by atoms with Crippen molar-refractivity contribution in [3.63, 3.8) is 0 Å². The predicted octanol–water partition coefficient (Wildman–Crippen LogP) is 5.22. The van der Waals surface area contributed by atoms with Crippen molar-refractivity contribution in [3.8, 4) is 16.9 Å². The number of nitrogen functional groups attached to an aromatic ring is 1. The van der Waals surface area contributed by atoms with Crippen molar-refractivity contribution in [2.45, 2.75) is 33.0 Å². The molecule has 2 saturated heterocycles. The summed E-state index contributed by atoms with van der Waals surface area (Å²) >= 11 is 0. The Morgan fingerprint density at radius 3 is 2.42 bits per heavy atom. The Kier molecular flexibility index (Phi) is 10.7. The first-order valence-electron chi connectivity index (χ1n) is 20.3. The van der Waals surface area contributed by atoms with Crippen LogP contribution in [0, 0.1) is 12.7 Å². The smallest absolute Gasteiger partial charge is 0.251 e. The fourth-order valence-corrected chi connectivity index (χ4v) is 8.46. The molecule has 9 rings (SSSR count). The molecule has 3 aliphatic heterocycles. The second-order valence-electron chi connectivity index (χ2n) is 15.6. The molecule has 0 saturated carbocycles. The number of anilines is 3. The molecule has 2 fully saturated rings. The first-order valence-corrected chi connectivity index (χ1v) is 20.3. The highest BCUT2D eigenvalue weighted by Crippen LogP contribution is 2.29. The number of nitrogens with zero attached hydrogens (tertiary/aromatic N) is 8. The summed E-state index contributed by atoms with van der Waals surface area (Å²) in [7, 11) is 0. The van der Waals surface area contributed by atoms with Gasteiger partial charge in [-0.3, -0.25) is 19.1 Å². The van der Waals surface area contributed by atoms with E-state index in [1.54, 1.807) is 12.3 Å². The van der Waals surface area contributed by atoms with Gasteiger partial charge in [-0.15, -0.1) is 0 Å². The van der Waals surface area contributed by atoms with Crippen LogP contribution in [0.3, 0.4) is 0 Å². The Bertz CT molecular complexity index is 2510. The molecule has 4 N–H and O–H groups in total. The zero-order valence-corrected chi connectivity index (χ0v) is 33.2. The first-order chi connectivity index (χ1) is 28.8. The van der Waals surface area contributed by atoms with Crippen LogP contribution < -0.4 is 21.3 Å². The number of benzene rings is 3. The zero-order chi connectivity index (χ0) is 40.5. The van der Waals surface area contributed by atoms with E-state index in [4.69, 9.17) is 10.7 Å². The molecule has 14 heteroatoms. The van der Waals surface area contributed by atoms with Crippen molar-refractivity contribution in [1.29, 1.82) is 0 Å². The number of aryl methyl sites for hydroxylation is 1. The van der Waals surface area contributed by atoms with Gasteiger partial charge in [0.2, 0.25) is 5.91 Å². The number of rotatable bonds is 11. The molecule has 3 aliphatic rings. The number of carbonyl (C=O) groups is 2.